The summed E-state index contributed by atoms with van der Waals surface area (Å²) in [5.41, 5.74) is 2.48. The standard InChI is InChI=1S/C16H15N5O/c22-16(12-7-11-4-5-17-10-14(11)18-9-12)19-15-8-13-3-1-2-6-21(13)20-15/h4-5,7-10H,1-3,6H2,(H,19,20,22). The maximum absolute atomic E-state index is 12.4. The third kappa shape index (κ3) is 2.32. The van der Waals surface area contributed by atoms with Gasteiger partial charge >= 0.3 is 0 Å². The molecule has 1 aliphatic rings. The molecule has 0 atom stereocenters. The number of fused-ring (bicyclic) bond motifs is 2. The van der Waals surface area contributed by atoms with Gasteiger partial charge in [0.1, 0.15) is 0 Å². The lowest BCUT2D eigenvalue weighted by Gasteiger charge is -2.11. The van der Waals surface area contributed by atoms with E-state index >= 15 is 0 Å². The van der Waals surface area contributed by atoms with Crippen molar-refractivity contribution in [1.29, 1.82) is 0 Å². The highest BCUT2D eigenvalue weighted by atomic mass is 16.1. The molecule has 0 aromatic carbocycles. The van der Waals surface area contributed by atoms with Crippen LogP contribution in [0.1, 0.15) is 28.9 Å². The average molecular weight is 293 g/mol. The number of rotatable bonds is 2. The maximum atomic E-state index is 12.4. The molecule has 0 spiro atoms. The normalized spacial score (nSPS) is 13.8. The van der Waals surface area contributed by atoms with E-state index in [0.29, 0.717) is 11.4 Å². The molecule has 0 radical (unpaired) electrons. The Kier molecular flexibility index (Phi) is 3.07. The average Bonchev–Trinajstić information content (AvgIpc) is 2.96. The van der Waals surface area contributed by atoms with E-state index in [1.54, 1.807) is 18.6 Å². The van der Waals surface area contributed by atoms with Crippen LogP contribution in [0.4, 0.5) is 5.82 Å². The SMILES string of the molecule is O=C(Nc1cc2n(n1)CCCC2)c1cnc2cnccc2c1. The third-order valence-corrected chi connectivity index (χ3v) is 3.91. The van der Waals surface area contributed by atoms with E-state index in [4.69, 9.17) is 0 Å². The molecule has 4 rings (SSSR count). The minimum atomic E-state index is -0.193. The van der Waals surface area contributed by atoms with Crippen LogP contribution in [0.3, 0.4) is 0 Å². The molecule has 3 aromatic rings. The van der Waals surface area contributed by atoms with Crippen LogP contribution in [0, 0.1) is 0 Å². The van der Waals surface area contributed by atoms with Crippen LogP contribution in [0.2, 0.25) is 0 Å². The van der Waals surface area contributed by atoms with E-state index in [1.165, 1.54) is 12.1 Å². The number of hydrogen-bond donors (Lipinski definition) is 1. The van der Waals surface area contributed by atoms with Gasteiger partial charge in [0, 0.05) is 36.1 Å². The van der Waals surface area contributed by atoms with Crippen LogP contribution >= 0.6 is 0 Å². The maximum Gasteiger partial charge on any atom is 0.258 e. The fourth-order valence-corrected chi connectivity index (χ4v) is 2.76. The quantitative estimate of drug-likeness (QED) is 0.787. The summed E-state index contributed by atoms with van der Waals surface area (Å²) in [6, 6.07) is 5.61. The molecule has 4 heterocycles. The molecule has 1 aliphatic heterocycles. The predicted octanol–water partition coefficient (Wildman–Crippen LogP) is 2.41. The number of amides is 1. The number of hydrogen-bond acceptors (Lipinski definition) is 4. The fourth-order valence-electron chi connectivity index (χ4n) is 2.76. The number of pyridine rings is 2. The summed E-state index contributed by atoms with van der Waals surface area (Å²) in [7, 11) is 0. The van der Waals surface area contributed by atoms with Gasteiger partial charge in [0.25, 0.3) is 5.91 Å². The number of carbonyl (C=O) groups excluding carboxylic acids is 1. The Labute approximate surface area is 127 Å². The summed E-state index contributed by atoms with van der Waals surface area (Å²) < 4.78 is 1.98. The summed E-state index contributed by atoms with van der Waals surface area (Å²) in [5, 5.41) is 8.18. The molecule has 0 fully saturated rings. The van der Waals surface area contributed by atoms with Crippen molar-refractivity contribution in [1.82, 2.24) is 19.7 Å². The first-order chi connectivity index (χ1) is 10.8. The van der Waals surface area contributed by atoms with Crippen molar-refractivity contribution in [2.45, 2.75) is 25.8 Å². The number of carbonyl (C=O) groups is 1. The van der Waals surface area contributed by atoms with Gasteiger partial charge in [0.15, 0.2) is 5.82 Å². The lowest BCUT2D eigenvalue weighted by Crippen LogP contribution is -2.14. The first kappa shape index (κ1) is 12.9. The minimum absolute atomic E-state index is 0.193. The van der Waals surface area contributed by atoms with Crippen LogP contribution < -0.4 is 5.32 Å². The fraction of sp³-hybridized carbons (Fsp3) is 0.250. The number of nitrogens with zero attached hydrogens (tertiary/aromatic N) is 4. The lowest BCUT2D eigenvalue weighted by atomic mass is 10.1. The van der Waals surface area contributed by atoms with E-state index in [-0.39, 0.29) is 5.91 Å². The highest BCUT2D eigenvalue weighted by molar-refractivity contribution is 6.05. The first-order valence-electron chi connectivity index (χ1n) is 7.37. The highest BCUT2D eigenvalue weighted by Crippen LogP contribution is 2.19. The van der Waals surface area contributed by atoms with Crippen molar-refractivity contribution in [3.05, 3.63) is 48.0 Å². The number of nitrogens with one attached hydrogen (secondary N) is 1. The molecule has 6 nitrogen and oxygen atoms in total. The minimum Gasteiger partial charge on any atom is -0.305 e. The van der Waals surface area contributed by atoms with Gasteiger partial charge in [0.2, 0.25) is 0 Å². The van der Waals surface area contributed by atoms with Gasteiger partial charge in [-0.3, -0.25) is 19.4 Å². The number of aryl methyl sites for hydroxylation is 2. The number of anilines is 1. The Balaban J connectivity index is 1.59. The zero-order chi connectivity index (χ0) is 14.9. The molecule has 110 valence electrons. The van der Waals surface area contributed by atoms with Crippen molar-refractivity contribution in [2.24, 2.45) is 0 Å². The van der Waals surface area contributed by atoms with Crippen molar-refractivity contribution < 1.29 is 4.79 Å². The predicted molar refractivity (Wildman–Crippen MR) is 82.7 cm³/mol. The van der Waals surface area contributed by atoms with E-state index in [0.717, 1.165) is 30.3 Å². The molecule has 3 aromatic heterocycles. The van der Waals surface area contributed by atoms with Crippen LogP contribution in [-0.2, 0) is 13.0 Å². The Morgan fingerprint density at radius 1 is 1.23 bits per heavy atom. The zero-order valence-corrected chi connectivity index (χ0v) is 12.0. The Hall–Kier alpha value is -2.76. The van der Waals surface area contributed by atoms with Crippen molar-refractivity contribution in [3.63, 3.8) is 0 Å². The van der Waals surface area contributed by atoms with Crippen LogP contribution in [0.25, 0.3) is 10.9 Å². The van der Waals surface area contributed by atoms with Crippen molar-refractivity contribution >= 4 is 22.6 Å². The Morgan fingerprint density at radius 2 is 2.18 bits per heavy atom. The second-order valence-electron chi connectivity index (χ2n) is 5.45. The topological polar surface area (TPSA) is 72.7 Å². The van der Waals surface area contributed by atoms with E-state index in [1.807, 2.05) is 22.9 Å². The van der Waals surface area contributed by atoms with E-state index < -0.39 is 0 Å². The molecule has 0 aliphatic carbocycles. The second kappa shape index (κ2) is 5.22. The highest BCUT2D eigenvalue weighted by Gasteiger charge is 2.14. The van der Waals surface area contributed by atoms with Crippen LogP contribution in [0.15, 0.2) is 36.8 Å². The molecular weight excluding hydrogens is 278 g/mol. The van der Waals surface area contributed by atoms with Crippen LogP contribution in [0.5, 0.6) is 0 Å². The van der Waals surface area contributed by atoms with Gasteiger partial charge in [-0.2, -0.15) is 5.10 Å². The molecule has 1 amide bonds. The summed E-state index contributed by atoms with van der Waals surface area (Å²) in [6.45, 7) is 0.926. The molecule has 1 N–H and O–H groups in total. The van der Waals surface area contributed by atoms with Crippen molar-refractivity contribution in [3.8, 4) is 0 Å². The molecule has 0 saturated heterocycles. The summed E-state index contributed by atoms with van der Waals surface area (Å²) >= 11 is 0. The molecule has 0 saturated carbocycles. The smallest absolute Gasteiger partial charge is 0.258 e. The number of aromatic nitrogens is 4. The first-order valence-corrected chi connectivity index (χ1v) is 7.37. The van der Waals surface area contributed by atoms with E-state index in [2.05, 4.69) is 20.4 Å². The van der Waals surface area contributed by atoms with Gasteiger partial charge in [-0.05, 0) is 31.4 Å². The molecule has 0 bridgehead atoms. The summed E-state index contributed by atoms with van der Waals surface area (Å²) in [5.74, 6) is 0.415. The van der Waals surface area contributed by atoms with Gasteiger partial charge in [-0.15, -0.1) is 0 Å². The molecule has 6 heteroatoms. The van der Waals surface area contributed by atoms with Crippen LogP contribution in [-0.4, -0.2) is 25.7 Å². The van der Waals surface area contributed by atoms with Crippen molar-refractivity contribution in [2.75, 3.05) is 5.32 Å². The molecular formula is C16H15N5O. The Morgan fingerprint density at radius 3 is 3.09 bits per heavy atom. The molecule has 22 heavy (non-hydrogen) atoms. The largest absolute Gasteiger partial charge is 0.305 e. The zero-order valence-electron chi connectivity index (χ0n) is 12.0. The lowest BCUT2D eigenvalue weighted by molar-refractivity contribution is 0.102. The van der Waals surface area contributed by atoms with Gasteiger partial charge in [-0.25, -0.2) is 0 Å². The van der Waals surface area contributed by atoms with E-state index in [9.17, 15) is 4.79 Å². The Bertz CT molecular complexity index is 831. The van der Waals surface area contributed by atoms with Gasteiger partial charge < -0.3 is 5.32 Å². The second-order valence-corrected chi connectivity index (χ2v) is 5.45. The van der Waals surface area contributed by atoms with Gasteiger partial charge in [-0.1, -0.05) is 0 Å². The summed E-state index contributed by atoms with van der Waals surface area (Å²) in [4.78, 5) is 20.6. The summed E-state index contributed by atoms with van der Waals surface area (Å²) in [6.07, 6.45) is 8.28. The van der Waals surface area contributed by atoms with Gasteiger partial charge in [0.05, 0.1) is 17.3 Å². The third-order valence-electron chi connectivity index (χ3n) is 3.91. The monoisotopic (exact) mass is 293 g/mol. The molecule has 0 unspecified atom stereocenters.